The van der Waals surface area contributed by atoms with Crippen molar-refractivity contribution >= 4 is 21.6 Å². The van der Waals surface area contributed by atoms with Gasteiger partial charge < -0.3 is 5.73 Å². The molecule has 0 aliphatic carbocycles. The van der Waals surface area contributed by atoms with E-state index in [-0.39, 0.29) is 11.2 Å². The zero-order chi connectivity index (χ0) is 11.7. The molecule has 0 bridgehead atoms. The fourth-order valence-corrected chi connectivity index (χ4v) is 2.04. The van der Waals surface area contributed by atoms with E-state index in [9.17, 15) is 4.79 Å². The molecular weight excluding hydrogens is 268 g/mol. The summed E-state index contributed by atoms with van der Waals surface area (Å²) in [4.78, 5) is 12.0. The molecule has 0 amide bonds. The van der Waals surface area contributed by atoms with Gasteiger partial charge in [-0.25, -0.2) is 0 Å². The van der Waals surface area contributed by atoms with E-state index in [0.29, 0.717) is 0 Å². The topological polar surface area (TPSA) is 48.0 Å². The maximum Gasteiger partial charge on any atom is 0.278 e. The van der Waals surface area contributed by atoms with Gasteiger partial charge in [-0.15, -0.1) is 0 Å². The monoisotopic (exact) mass is 278 g/mol. The minimum Gasteiger partial charge on any atom is -0.394 e. The lowest BCUT2D eigenvalue weighted by atomic mass is 10.2. The second kappa shape index (κ2) is 4.14. The minimum absolute atomic E-state index is 0.188. The molecule has 0 aliphatic heterocycles. The van der Waals surface area contributed by atoms with Crippen molar-refractivity contribution in [2.75, 3.05) is 5.73 Å². The zero-order valence-corrected chi connectivity index (χ0v) is 10.4. The fraction of sp³-hybridized carbons (Fsp3) is 0.0833. The van der Waals surface area contributed by atoms with E-state index < -0.39 is 0 Å². The average molecular weight is 279 g/mol. The second-order valence-electron chi connectivity index (χ2n) is 3.52. The van der Waals surface area contributed by atoms with E-state index >= 15 is 0 Å². The predicted molar refractivity (Wildman–Crippen MR) is 68.9 cm³/mol. The summed E-state index contributed by atoms with van der Waals surface area (Å²) in [5.74, 6) is 0. The standard InChI is InChI=1S/C12H11BrN2O/c1-8-6-7-10(14)12(16)15(8)11-5-3-2-4-9(11)13/h2-7H,14H2,1H3. The number of hydrogen-bond acceptors (Lipinski definition) is 2. The van der Waals surface area contributed by atoms with Crippen molar-refractivity contribution in [2.45, 2.75) is 6.92 Å². The van der Waals surface area contributed by atoms with Gasteiger partial charge in [0.15, 0.2) is 0 Å². The van der Waals surface area contributed by atoms with Crippen molar-refractivity contribution in [3.8, 4) is 5.69 Å². The van der Waals surface area contributed by atoms with Crippen molar-refractivity contribution in [2.24, 2.45) is 0 Å². The Labute approximate surface area is 102 Å². The molecule has 1 aromatic carbocycles. The van der Waals surface area contributed by atoms with Crippen molar-refractivity contribution in [1.82, 2.24) is 4.57 Å². The van der Waals surface area contributed by atoms with Crippen LogP contribution in [0.15, 0.2) is 45.7 Å². The van der Waals surface area contributed by atoms with E-state index in [1.54, 1.807) is 10.6 Å². The van der Waals surface area contributed by atoms with Gasteiger partial charge in [0.1, 0.15) is 0 Å². The van der Waals surface area contributed by atoms with E-state index in [1.165, 1.54) is 0 Å². The third-order valence-corrected chi connectivity index (χ3v) is 3.07. The van der Waals surface area contributed by atoms with Crippen LogP contribution in [0.4, 0.5) is 5.69 Å². The Kier molecular flexibility index (Phi) is 2.83. The van der Waals surface area contributed by atoms with Crippen LogP contribution < -0.4 is 11.3 Å². The lowest BCUT2D eigenvalue weighted by molar-refractivity contribution is 0.934. The molecule has 2 rings (SSSR count). The molecule has 1 aromatic heterocycles. The highest BCUT2D eigenvalue weighted by Gasteiger charge is 2.08. The van der Waals surface area contributed by atoms with Crippen LogP contribution in [0.5, 0.6) is 0 Å². The number of nitrogen functional groups attached to an aromatic ring is 1. The summed E-state index contributed by atoms with van der Waals surface area (Å²) in [6.45, 7) is 1.88. The predicted octanol–water partition coefficient (Wildman–Crippen LogP) is 2.49. The Morgan fingerprint density at radius 2 is 1.88 bits per heavy atom. The maximum absolute atomic E-state index is 12.0. The smallest absolute Gasteiger partial charge is 0.278 e. The van der Waals surface area contributed by atoms with E-state index in [2.05, 4.69) is 15.9 Å². The number of benzene rings is 1. The van der Waals surface area contributed by atoms with Gasteiger partial charge in [-0.2, -0.15) is 0 Å². The van der Waals surface area contributed by atoms with Crippen molar-refractivity contribution in [3.63, 3.8) is 0 Å². The van der Waals surface area contributed by atoms with Crippen LogP contribution in [0.3, 0.4) is 0 Å². The van der Waals surface area contributed by atoms with Gasteiger partial charge in [-0.3, -0.25) is 9.36 Å². The molecule has 0 spiro atoms. The maximum atomic E-state index is 12.0. The number of hydrogen-bond donors (Lipinski definition) is 1. The van der Waals surface area contributed by atoms with Crippen molar-refractivity contribution in [3.05, 3.63) is 56.9 Å². The Balaban J connectivity index is 2.79. The van der Waals surface area contributed by atoms with Crippen LogP contribution in [-0.4, -0.2) is 4.57 Å². The minimum atomic E-state index is -0.188. The summed E-state index contributed by atoms with van der Waals surface area (Å²) in [7, 11) is 0. The van der Waals surface area contributed by atoms with E-state index in [1.807, 2.05) is 37.3 Å². The molecule has 82 valence electrons. The Morgan fingerprint density at radius 1 is 1.19 bits per heavy atom. The zero-order valence-electron chi connectivity index (χ0n) is 8.77. The number of pyridine rings is 1. The van der Waals surface area contributed by atoms with Gasteiger partial charge in [0.2, 0.25) is 0 Å². The van der Waals surface area contributed by atoms with Crippen LogP contribution in [0.1, 0.15) is 5.69 Å². The lowest BCUT2D eigenvalue weighted by Crippen LogP contribution is -2.23. The van der Waals surface area contributed by atoms with Crippen LogP contribution in [0.25, 0.3) is 5.69 Å². The van der Waals surface area contributed by atoms with Gasteiger partial charge in [-0.05, 0) is 47.1 Å². The number of aromatic nitrogens is 1. The highest BCUT2D eigenvalue weighted by molar-refractivity contribution is 9.10. The number of nitrogens with two attached hydrogens (primary N) is 1. The fourth-order valence-electron chi connectivity index (χ4n) is 1.58. The van der Waals surface area contributed by atoms with Crippen molar-refractivity contribution < 1.29 is 0 Å². The van der Waals surface area contributed by atoms with Crippen molar-refractivity contribution in [1.29, 1.82) is 0 Å². The molecule has 2 aromatic rings. The van der Waals surface area contributed by atoms with Crippen LogP contribution >= 0.6 is 15.9 Å². The summed E-state index contributed by atoms with van der Waals surface area (Å²) in [6, 6.07) is 11.0. The molecule has 0 saturated heterocycles. The first-order valence-electron chi connectivity index (χ1n) is 4.84. The van der Waals surface area contributed by atoms with Crippen LogP contribution in [-0.2, 0) is 0 Å². The summed E-state index contributed by atoms with van der Waals surface area (Å²) in [6.07, 6.45) is 0. The van der Waals surface area contributed by atoms with Gasteiger partial charge in [-0.1, -0.05) is 12.1 Å². The van der Waals surface area contributed by atoms with Crippen LogP contribution in [0.2, 0.25) is 0 Å². The number of aryl methyl sites for hydroxylation is 1. The quantitative estimate of drug-likeness (QED) is 0.871. The highest BCUT2D eigenvalue weighted by atomic mass is 79.9. The Hall–Kier alpha value is -1.55. The van der Waals surface area contributed by atoms with E-state index in [4.69, 9.17) is 5.73 Å². The summed E-state index contributed by atoms with van der Waals surface area (Å²) in [5.41, 5.74) is 7.35. The van der Waals surface area contributed by atoms with Gasteiger partial charge in [0, 0.05) is 10.2 Å². The molecule has 3 nitrogen and oxygen atoms in total. The molecule has 0 fully saturated rings. The molecule has 4 heteroatoms. The number of halogens is 1. The van der Waals surface area contributed by atoms with Gasteiger partial charge in [0.05, 0.1) is 11.4 Å². The normalized spacial score (nSPS) is 10.4. The molecule has 0 saturated carbocycles. The average Bonchev–Trinajstić information content (AvgIpc) is 2.27. The summed E-state index contributed by atoms with van der Waals surface area (Å²) < 4.78 is 2.46. The number of rotatable bonds is 1. The molecule has 0 atom stereocenters. The number of nitrogens with zero attached hydrogens (tertiary/aromatic N) is 1. The van der Waals surface area contributed by atoms with Crippen LogP contribution in [0, 0.1) is 6.92 Å². The Bertz CT molecular complexity index is 590. The Morgan fingerprint density at radius 3 is 2.56 bits per heavy atom. The van der Waals surface area contributed by atoms with Gasteiger partial charge >= 0.3 is 0 Å². The third kappa shape index (κ3) is 1.76. The molecular formula is C12H11BrN2O. The van der Waals surface area contributed by atoms with E-state index in [0.717, 1.165) is 15.9 Å². The SMILES string of the molecule is Cc1ccc(N)c(=O)n1-c1ccccc1Br. The largest absolute Gasteiger partial charge is 0.394 e. The molecule has 0 unspecified atom stereocenters. The molecule has 0 aliphatic rings. The van der Waals surface area contributed by atoms with Gasteiger partial charge in [0.25, 0.3) is 5.56 Å². The lowest BCUT2D eigenvalue weighted by Gasteiger charge is -2.12. The highest BCUT2D eigenvalue weighted by Crippen LogP contribution is 2.20. The molecule has 1 heterocycles. The first kappa shape index (κ1) is 11.0. The molecule has 2 N–H and O–H groups in total. The molecule has 0 radical (unpaired) electrons. The number of para-hydroxylation sites is 1. The summed E-state index contributed by atoms with van der Waals surface area (Å²) >= 11 is 3.43. The summed E-state index contributed by atoms with van der Waals surface area (Å²) in [5, 5.41) is 0. The third-order valence-electron chi connectivity index (χ3n) is 2.40. The molecule has 16 heavy (non-hydrogen) atoms. The first-order chi connectivity index (χ1) is 7.61. The second-order valence-corrected chi connectivity index (χ2v) is 4.38. The first-order valence-corrected chi connectivity index (χ1v) is 5.63. The number of anilines is 1.